The van der Waals surface area contributed by atoms with Crippen molar-refractivity contribution >= 4 is 33.3 Å². The number of carbonyl (C=O) groups is 1. The summed E-state index contributed by atoms with van der Waals surface area (Å²) in [7, 11) is -1.23. The topological polar surface area (TPSA) is 93.1 Å². The van der Waals surface area contributed by atoms with Gasteiger partial charge in [-0.1, -0.05) is 11.6 Å². The van der Waals surface area contributed by atoms with E-state index in [9.17, 15) is 13.2 Å². The van der Waals surface area contributed by atoms with Gasteiger partial charge in [0.15, 0.2) is 0 Å². The second-order valence-corrected chi connectivity index (χ2v) is 7.17. The van der Waals surface area contributed by atoms with E-state index >= 15 is 0 Å². The van der Waals surface area contributed by atoms with Gasteiger partial charge in [-0.05, 0) is 42.5 Å². The average Bonchev–Trinajstić information content (AvgIpc) is 2.59. The van der Waals surface area contributed by atoms with E-state index < -0.39 is 22.5 Å². The largest absolute Gasteiger partial charge is 0.497 e. The zero-order valence-electron chi connectivity index (χ0n) is 13.5. The van der Waals surface area contributed by atoms with E-state index in [0.29, 0.717) is 11.5 Å². The number of nitrogens with zero attached hydrogens (tertiary/aromatic N) is 1. The SMILES string of the molecule is COc1ccc(S(=O)(=O)N(CC(=O)O)c2ccc(OC)c(Cl)c2)cc1. The number of rotatable bonds is 7. The normalized spacial score (nSPS) is 11.0. The molecule has 0 aliphatic carbocycles. The summed E-state index contributed by atoms with van der Waals surface area (Å²) in [4.78, 5) is 11.1. The molecule has 0 spiro atoms. The van der Waals surface area contributed by atoms with E-state index in [2.05, 4.69) is 0 Å². The van der Waals surface area contributed by atoms with Gasteiger partial charge < -0.3 is 14.6 Å². The summed E-state index contributed by atoms with van der Waals surface area (Å²) >= 11 is 6.04. The number of ether oxygens (including phenoxy) is 2. The second-order valence-electron chi connectivity index (χ2n) is 4.90. The van der Waals surface area contributed by atoms with Crippen molar-refractivity contribution in [1.82, 2.24) is 0 Å². The Bertz CT molecular complexity index is 867. The van der Waals surface area contributed by atoms with Gasteiger partial charge in [0.1, 0.15) is 18.0 Å². The molecule has 0 aliphatic heterocycles. The third-order valence-electron chi connectivity index (χ3n) is 3.35. The number of halogens is 1. The number of sulfonamides is 1. The molecular formula is C16H16ClNO6S. The number of methoxy groups -OCH3 is 2. The van der Waals surface area contributed by atoms with Gasteiger partial charge in [0, 0.05) is 0 Å². The van der Waals surface area contributed by atoms with Crippen molar-refractivity contribution in [2.24, 2.45) is 0 Å². The van der Waals surface area contributed by atoms with E-state index in [1.165, 1.54) is 56.7 Å². The molecule has 0 fully saturated rings. The van der Waals surface area contributed by atoms with Crippen molar-refractivity contribution in [2.75, 3.05) is 25.1 Å². The molecular weight excluding hydrogens is 370 g/mol. The average molecular weight is 386 g/mol. The first-order valence-electron chi connectivity index (χ1n) is 7.01. The molecule has 0 amide bonds. The van der Waals surface area contributed by atoms with Crippen LogP contribution in [0, 0.1) is 0 Å². The van der Waals surface area contributed by atoms with Crippen LogP contribution < -0.4 is 13.8 Å². The third-order valence-corrected chi connectivity index (χ3v) is 5.43. The molecule has 1 N–H and O–H groups in total. The van der Waals surface area contributed by atoms with E-state index in [4.69, 9.17) is 26.2 Å². The van der Waals surface area contributed by atoms with E-state index in [-0.39, 0.29) is 15.6 Å². The Hall–Kier alpha value is -2.45. The highest BCUT2D eigenvalue weighted by Gasteiger charge is 2.27. The van der Waals surface area contributed by atoms with Crippen LogP contribution in [-0.4, -0.2) is 40.3 Å². The quantitative estimate of drug-likeness (QED) is 0.787. The molecule has 0 saturated carbocycles. The third kappa shape index (κ3) is 4.15. The Labute approximate surface area is 150 Å². The molecule has 0 unspecified atom stereocenters. The van der Waals surface area contributed by atoms with Crippen molar-refractivity contribution < 1.29 is 27.8 Å². The molecule has 0 aromatic heterocycles. The standard InChI is InChI=1S/C16H16ClNO6S/c1-23-12-4-6-13(7-5-12)25(21,22)18(10-16(19)20)11-3-8-15(24-2)14(17)9-11/h3-9H,10H2,1-2H3,(H,19,20). The lowest BCUT2D eigenvalue weighted by Crippen LogP contribution is -2.35. The Morgan fingerprint density at radius 1 is 1.12 bits per heavy atom. The smallest absolute Gasteiger partial charge is 0.324 e. The summed E-state index contributed by atoms with van der Waals surface area (Å²) in [5.74, 6) is -0.470. The molecule has 0 saturated heterocycles. The van der Waals surface area contributed by atoms with Crippen molar-refractivity contribution in [3.63, 3.8) is 0 Å². The summed E-state index contributed by atoms with van der Waals surface area (Å²) in [5, 5.41) is 9.29. The maximum absolute atomic E-state index is 12.9. The Balaban J connectivity index is 2.51. The lowest BCUT2D eigenvalue weighted by Gasteiger charge is -2.23. The summed E-state index contributed by atoms with van der Waals surface area (Å²) in [6, 6.07) is 9.87. The molecule has 25 heavy (non-hydrogen) atoms. The van der Waals surface area contributed by atoms with Gasteiger partial charge in [0.05, 0.1) is 29.8 Å². The fraction of sp³-hybridized carbons (Fsp3) is 0.188. The van der Waals surface area contributed by atoms with Crippen LogP contribution in [-0.2, 0) is 14.8 Å². The zero-order valence-corrected chi connectivity index (χ0v) is 15.0. The highest BCUT2D eigenvalue weighted by atomic mass is 35.5. The first-order valence-corrected chi connectivity index (χ1v) is 8.83. The Morgan fingerprint density at radius 2 is 1.76 bits per heavy atom. The first-order chi connectivity index (χ1) is 11.8. The van der Waals surface area contributed by atoms with Crippen molar-refractivity contribution in [3.05, 3.63) is 47.5 Å². The van der Waals surface area contributed by atoms with E-state index in [1.54, 1.807) is 0 Å². The number of benzene rings is 2. The number of hydrogen-bond donors (Lipinski definition) is 1. The summed E-state index contributed by atoms with van der Waals surface area (Å²) < 4.78 is 36.6. The van der Waals surface area contributed by atoms with Gasteiger partial charge in [0.25, 0.3) is 10.0 Å². The minimum Gasteiger partial charge on any atom is -0.497 e. The van der Waals surface area contributed by atoms with Crippen LogP contribution >= 0.6 is 11.6 Å². The monoisotopic (exact) mass is 385 g/mol. The van der Waals surface area contributed by atoms with Crippen LogP contribution in [0.25, 0.3) is 0 Å². The molecule has 2 aromatic carbocycles. The minimum absolute atomic E-state index is 0.0681. The summed E-state index contributed by atoms with van der Waals surface area (Å²) in [5.41, 5.74) is 0.115. The predicted octanol–water partition coefficient (Wildman–Crippen LogP) is 2.64. The maximum Gasteiger partial charge on any atom is 0.324 e. The van der Waals surface area contributed by atoms with Gasteiger partial charge in [-0.25, -0.2) is 8.42 Å². The maximum atomic E-state index is 12.9. The van der Waals surface area contributed by atoms with Crippen LogP contribution in [0.5, 0.6) is 11.5 Å². The summed E-state index contributed by atoms with van der Waals surface area (Å²) in [6.07, 6.45) is 0. The fourth-order valence-electron chi connectivity index (χ4n) is 2.12. The number of aliphatic carboxylic acids is 1. The van der Waals surface area contributed by atoms with Crippen molar-refractivity contribution in [2.45, 2.75) is 4.90 Å². The molecule has 7 nitrogen and oxygen atoms in total. The molecule has 0 atom stereocenters. The van der Waals surface area contributed by atoms with Crippen molar-refractivity contribution in [1.29, 1.82) is 0 Å². The molecule has 0 heterocycles. The molecule has 0 bridgehead atoms. The summed E-state index contributed by atoms with van der Waals surface area (Å²) in [6.45, 7) is -0.753. The van der Waals surface area contributed by atoms with E-state index in [1.807, 2.05) is 0 Å². The highest BCUT2D eigenvalue weighted by molar-refractivity contribution is 7.92. The van der Waals surface area contributed by atoms with Crippen LogP contribution in [0.2, 0.25) is 5.02 Å². The number of carboxylic acid groups (broad SMARTS) is 1. The number of anilines is 1. The van der Waals surface area contributed by atoms with Gasteiger partial charge in [-0.3, -0.25) is 9.10 Å². The van der Waals surface area contributed by atoms with Gasteiger partial charge in [-0.15, -0.1) is 0 Å². The van der Waals surface area contributed by atoms with Crippen LogP contribution in [0.15, 0.2) is 47.4 Å². The van der Waals surface area contributed by atoms with Gasteiger partial charge in [-0.2, -0.15) is 0 Å². The van der Waals surface area contributed by atoms with Crippen molar-refractivity contribution in [3.8, 4) is 11.5 Å². The number of carboxylic acids is 1. The first kappa shape index (κ1) is 18.9. The molecule has 134 valence electrons. The molecule has 2 aromatic rings. The van der Waals surface area contributed by atoms with Gasteiger partial charge in [0.2, 0.25) is 0 Å². The lowest BCUT2D eigenvalue weighted by molar-refractivity contribution is -0.135. The number of hydrogen-bond acceptors (Lipinski definition) is 5. The predicted molar refractivity (Wildman–Crippen MR) is 93.2 cm³/mol. The lowest BCUT2D eigenvalue weighted by atomic mass is 10.3. The Morgan fingerprint density at radius 3 is 2.24 bits per heavy atom. The highest BCUT2D eigenvalue weighted by Crippen LogP contribution is 2.32. The zero-order chi connectivity index (χ0) is 18.6. The van der Waals surface area contributed by atoms with Crippen LogP contribution in [0.4, 0.5) is 5.69 Å². The van der Waals surface area contributed by atoms with Crippen LogP contribution in [0.1, 0.15) is 0 Å². The molecule has 2 rings (SSSR count). The second kappa shape index (κ2) is 7.62. The molecule has 9 heteroatoms. The Kier molecular flexibility index (Phi) is 5.76. The van der Waals surface area contributed by atoms with Gasteiger partial charge >= 0.3 is 5.97 Å². The minimum atomic E-state index is -4.11. The van der Waals surface area contributed by atoms with E-state index in [0.717, 1.165) is 4.31 Å². The van der Waals surface area contributed by atoms with Crippen LogP contribution in [0.3, 0.4) is 0 Å². The molecule has 0 radical (unpaired) electrons. The molecule has 0 aliphatic rings. The fourth-order valence-corrected chi connectivity index (χ4v) is 3.78.